The van der Waals surface area contributed by atoms with Crippen LogP contribution in [0.2, 0.25) is 0 Å². The first-order chi connectivity index (χ1) is 7.45. The molecule has 1 aromatic carbocycles. The number of hydrogen-bond acceptors (Lipinski definition) is 3. The third kappa shape index (κ3) is 1.27. The van der Waals surface area contributed by atoms with E-state index >= 15 is 0 Å². The lowest BCUT2D eigenvalue weighted by atomic mass is 10.3. The molecular weight excluding hydrogens is 188 g/mol. The summed E-state index contributed by atoms with van der Waals surface area (Å²) < 4.78 is 1.78. The molecule has 0 fully saturated rings. The van der Waals surface area contributed by atoms with Crippen molar-refractivity contribution in [3.05, 3.63) is 48.9 Å². The second kappa shape index (κ2) is 3.16. The molecule has 72 valence electrons. The molecule has 0 radical (unpaired) electrons. The lowest BCUT2D eigenvalue weighted by Crippen LogP contribution is -1.96. The van der Waals surface area contributed by atoms with Gasteiger partial charge in [0.1, 0.15) is 5.52 Å². The van der Waals surface area contributed by atoms with Crippen molar-refractivity contribution in [3.63, 3.8) is 0 Å². The van der Waals surface area contributed by atoms with Crippen molar-refractivity contribution >= 4 is 11.2 Å². The van der Waals surface area contributed by atoms with Crippen molar-refractivity contribution in [1.82, 2.24) is 19.7 Å². The molecule has 0 saturated carbocycles. The molecular formula is C11H8N4. The van der Waals surface area contributed by atoms with Crippen LogP contribution in [0.15, 0.2) is 48.9 Å². The van der Waals surface area contributed by atoms with E-state index in [0.717, 1.165) is 16.9 Å². The van der Waals surface area contributed by atoms with Crippen LogP contribution in [-0.4, -0.2) is 19.7 Å². The average Bonchev–Trinajstić information content (AvgIpc) is 2.74. The predicted octanol–water partition coefficient (Wildman–Crippen LogP) is 1.82. The summed E-state index contributed by atoms with van der Waals surface area (Å²) in [6, 6.07) is 9.89. The van der Waals surface area contributed by atoms with Crippen molar-refractivity contribution in [2.75, 3.05) is 0 Å². The maximum atomic E-state index is 4.26. The number of hydrogen-bond donors (Lipinski definition) is 0. The zero-order chi connectivity index (χ0) is 10.1. The van der Waals surface area contributed by atoms with E-state index in [1.807, 2.05) is 30.3 Å². The van der Waals surface area contributed by atoms with Crippen LogP contribution >= 0.6 is 0 Å². The van der Waals surface area contributed by atoms with Crippen LogP contribution in [0.3, 0.4) is 0 Å². The Balaban J connectivity index is 2.28. The number of benzene rings is 1. The van der Waals surface area contributed by atoms with Gasteiger partial charge in [0.05, 0.1) is 11.9 Å². The first kappa shape index (κ1) is 8.11. The monoisotopic (exact) mass is 196 g/mol. The van der Waals surface area contributed by atoms with Gasteiger partial charge in [0.2, 0.25) is 0 Å². The molecule has 0 bridgehead atoms. The highest BCUT2D eigenvalue weighted by Gasteiger charge is 2.04. The van der Waals surface area contributed by atoms with Gasteiger partial charge in [-0.1, -0.05) is 18.2 Å². The normalized spacial score (nSPS) is 10.7. The Morgan fingerprint density at radius 1 is 0.933 bits per heavy atom. The number of rotatable bonds is 1. The van der Waals surface area contributed by atoms with Crippen LogP contribution in [0.5, 0.6) is 0 Å². The minimum Gasteiger partial charge on any atom is -0.250 e. The zero-order valence-corrected chi connectivity index (χ0v) is 7.91. The molecule has 0 unspecified atom stereocenters. The minimum atomic E-state index is 0.781. The molecule has 0 atom stereocenters. The van der Waals surface area contributed by atoms with Crippen LogP contribution in [0.4, 0.5) is 0 Å². The fourth-order valence-corrected chi connectivity index (χ4v) is 1.52. The molecule has 15 heavy (non-hydrogen) atoms. The maximum absolute atomic E-state index is 4.26. The molecule has 0 aliphatic rings. The van der Waals surface area contributed by atoms with Crippen LogP contribution in [0.1, 0.15) is 0 Å². The number of para-hydroxylation sites is 1. The Morgan fingerprint density at radius 3 is 2.60 bits per heavy atom. The minimum absolute atomic E-state index is 0.781. The van der Waals surface area contributed by atoms with Crippen molar-refractivity contribution in [2.45, 2.75) is 0 Å². The van der Waals surface area contributed by atoms with Gasteiger partial charge in [-0.05, 0) is 12.1 Å². The first-order valence-corrected chi connectivity index (χ1v) is 4.65. The molecule has 0 aliphatic heterocycles. The van der Waals surface area contributed by atoms with Gasteiger partial charge in [-0.3, -0.25) is 0 Å². The summed E-state index contributed by atoms with van der Waals surface area (Å²) >= 11 is 0. The topological polar surface area (TPSA) is 43.6 Å². The van der Waals surface area contributed by atoms with Crippen molar-refractivity contribution in [3.8, 4) is 5.69 Å². The molecule has 2 aromatic heterocycles. The van der Waals surface area contributed by atoms with Crippen molar-refractivity contribution in [1.29, 1.82) is 0 Å². The van der Waals surface area contributed by atoms with Gasteiger partial charge < -0.3 is 0 Å². The highest BCUT2D eigenvalue weighted by Crippen LogP contribution is 2.12. The number of aromatic nitrogens is 4. The summed E-state index contributed by atoms with van der Waals surface area (Å²) in [5.41, 5.74) is 2.58. The molecule has 0 saturated heterocycles. The van der Waals surface area contributed by atoms with E-state index in [2.05, 4.69) is 15.1 Å². The maximum Gasteiger partial charge on any atom is 0.181 e. The second-order valence-corrected chi connectivity index (χ2v) is 3.16. The Kier molecular flexibility index (Phi) is 1.71. The molecule has 4 heteroatoms. The van der Waals surface area contributed by atoms with E-state index in [1.165, 1.54) is 0 Å². The molecule has 4 nitrogen and oxygen atoms in total. The predicted molar refractivity (Wildman–Crippen MR) is 56.7 cm³/mol. The van der Waals surface area contributed by atoms with Crippen LogP contribution in [0.25, 0.3) is 16.9 Å². The Bertz CT molecular complexity index is 586. The Hall–Kier alpha value is -2.23. The molecule has 0 N–H and O–H groups in total. The zero-order valence-electron chi connectivity index (χ0n) is 7.91. The molecule has 3 rings (SSSR count). The van der Waals surface area contributed by atoms with E-state index < -0.39 is 0 Å². The summed E-state index contributed by atoms with van der Waals surface area (Å²) in [4.78, 5) is 8.44. The molecule has 2 heterocycles. The van der Waals surface area contributed by atoms with Crippen LogP contribution < -0.4 is 0 Å². The van der Waals surface area contributed by atoms with Crippen molar-refractivity contribution < 1.29 is 0 Å². The fraction of sp³-hybridized carbons (Fsp3) is 0. The van der Waals surface area contributed by atoms with E-state index in [0.29, 0.717) is 0 Å². The van der Waals surface area contributed by atoms with E-state index in [4.69, 9.17) is 0 Å². The molecule has 0 spiro atoms. The van der Waals surface area contributed by atoms with Gasteiger partial charge in [0.25, 0.3) is 0 Å². The van der Waals surface area contributed by atoms with E-state index in [1.54, 1.807) is 23.3 Å². The average molecular weight is 196 g/mol. The molecule has 3 aromatic rings. The van der Waals surface area contributed by atoms with Gasteiger partial charge >= 0.3 is 0 Å². The third-order valence-electron chi connectivity index (χ3n) is 2.20. The number of nitrogens with zero attached hydrogens (tertiary/aromatic N) is 4. The lowest BCUT2D eigenvalue weighted by Gasteiger charge is -2.00. The van der Waals surface area contributed by atoms with Gasteiger partial charge in [-0.15, -0.1) is 0 Å². The SMILES string of the molecule is c1ccc(-n2ncc3nccnc32)cc1. The summed E-state index contributed by atoms with van der Waals surface area (Å²) in [6.45, 7) is 0. The summed E-state index contributed by atoms with van der Waals surface area (Å²) in [5, 5.41) is 4.26. The second-order valence-electron chi connectivity index (χ2n) is 3.16. The lowest BCUT2D eigenvalue weighted by molar-refractivity contribution is 0.897. The third-order valence-corrected chi connectivity index (χ3v) is 2.20. The summed E-state index contributed by atoms with van der Waals surface area (Å²) in [6.07, 6.45) is 5.05. The first-order valence-electron chi connectivity index (χ1n) is 4.65. The smallest absolute Gasteiger partial charge is 0.181 e. The van der Waals surface area contributed by atoms with Gasteiger partial charge in [-0.25, -0.2) is 14.6 Å². The Morgan fingerprint density at radius 2 is 1.73 bits per heavy atom. The van der Waals surface area contributed by atoms with Crippen molar-refractivity contribution in [2.24, 2.45) is 0 Å². The molecule has 0 aliphatic carbocycles. The molecule has 0 amide bonds. The van der Waals surface area contributed by atoms with E-state index in [-0.39, 0.29) is 0 Å². The van der Waals surface area contributed by atoms with Crippen LogP contribution in [0, 0.1) is 0 Å². The standard InChI is InChI=1S/C11H8N4/c1-2-4-9(5-3-1)15-11-10(8-14-15)12-6-7-13-11/h1-8H. The van der Waals surface area contributed by atoms with Gasteiger partial charge in [0.15, 0.2) is 5.65 Å². The van der Waals surface area contributed by atoms with E-state index in [9.17, 15) is 0 Å². The van der Waals surface area contributed by atoms with Crippen LogP contribution in [-0.2, 0) is 0 Å². The highest BCUT2D eigenvalue weighted by atomic mass is 15.3. The van der Waals surface area contributed by atoms with Gasteiger partial charge in [0, 0.05) is 12.4 Å². The summed E-state index contributed by atoms with van der Waals surface area (Å²) in [7, 11) is 0. The largest absolute Gasteiger partial charge is 0.250 e. The summed E-state index contributed by atoms with van der Waals surface area (Å²) in [5.74, 6) is 0. The Labute approximate surface area is 86.2 Å². The number of fused-ring (bicyclic) bond motifs is 1. The van der Waals surface area contributed by atoms with Gasteiger partial charge in [-0.2, -0.15) is 5.10 Å². The quantitative estimate of drug-likeness (QED) is 0.596. The highest BCUT2D eigenvalue weighted by molar-refractivity contribution is 5.70. The fourth-order valence-electron chi connectivity index (χ4n) is 1.52.